The van der Waals surface area contributed by atoms with Gasteiger partial charge in [0.15, 0.2) is 0 Å². The summed E-state index contributed by atoms with van der Waals surface area (Å²) < 4.78 is 7.16. The van der Waals surface area contributed by atoms with Crippen LogP contribution in [0.4, 0.5) is 0 Å². The second-order valence-corrected chi connectivity index (χ2v) is 6.02. The van der Waals surface area contributed by atoms with Gasteiger partial charge < -0.3 is 4.42 Å². The molecule has 0 aromatic heterocycles. The monoisotopic (exact) mass is 324 g/mol. The third-order valence-corrected chi connectivity index (χ3v) is 4.36. The lowest BCUT2D eigenvalue weighted by Gasteiger charge is -2.06. The molecule has 23 heavy (non-hydrogen) atoms. The third-order valence-electron chi connectivity index (χ3n) is 4.13. The first-order valence-electron chi connectivity index (χ1n) is 7.23. The Balaban J connectivity index is 2.05. The largest absolute Gasteiger partial charge is 0.436 e. The Hall–Kier alpha value is -2.59. The Morgan fingerprint density at radius 2 is 1.96 bits per heavy atom. The highest BCUT2D eigenvalue weighted by Gasteiger charge is 2.20. The van der Waals surface area contributed by atoms with Crippen molar-refractivity contribution in [3.8, 4) is 17.1 Å². The molecule has 0 amide bonds. The van der Waals surface area contributed by atoms with Crippen LogP contribution in [0.2, 0.25) is 5.02 Å². The molecule has 0 saturated heterocycles. The van der Waals surface area contributed by atoms with Crippen LogP contribution in [0.3, 0.4) is 0 Å². The summed E-state index contributed by atoms with van der Waals surface area (Å²) in [5.41, 5.74) is 3.79. The van der Waals surface area contributed by atoms with E-state index in [0.29, 0.717) is 22.1 Å². The molecule has 0 radical (unpaired) electrons. The third kappa shape index (κ3) is 2.14. The van der Waals surface area contributed by atoms with E-state index in [4.69, 9.17) is 16.0 Å². The molecule has 0 N–H and O–H groups in total. The molecule has 2 heterocycles. The standard InChI is InChI=1S/C18H13ClN2O2/c1-10-4-3-5-15(11(10)2)21-18(22)14-9-12-8-13(19)6-7-16(12)23-17(14)20-21/h3-9H,1-2H3. The predicted molar refractivity (Wildman–Crippen MR) is 90.7 cm³/mol. The number of hydrogen-bond acceptors (Lipinski definition) is 3. The van der Waals surface area contributed by atoms with Crippen LogP contribution in [-0.2, 0) is 0 Å². The van der Waals surface area contributed by atoms with Gasteiger partial charge in [-0.1, -0.05) is 23.7 Å². The minimum atomic E-state index is -0.195. The van der Waals surface area contributed by atoms with E-state index in [9.17, 15) is 4.79 Å². The Bertz CT molecular complexity index is 1080. The molecule has 0 aliphatic carbocycles. The molecule has 5 heteroatoms. The van der Waals surface area contributed by atoms with Crippen LogP contribution in [0.15, 0.2) is 51.7 Å². The zero-order valence-corrected chi connectivity index (χ0v) is 13.4. The van der Waals surface area contributed by atoms with Gasteiger partial charge in [-0.2, -0.15) is 4.68 Å². The van der Waals surface area contributed by atoms with E-state index in [1.165, 1.54) is 4.68 Å². The maximum absolute atomic E-state index is 12.7. The maximum atomic E-state index is 12.7. The van der Waals surface area contributed by atoms with Gasteiger partial charge in [0.1, 0.15) is 11.1 Å². The molecule has 0 atom stereocenters. The van der Waals surface area contributed by atoms with E-state index in [0.717, 1.165) is 22.2 Å². The quantitative estimate of drug-likeness (QED) is 0.523. The molecule has 0 unspecified atom stereocenters. The van der Waals surface area contributed by atoms with E-state index in [-0.39, 0.29) is 5.56 Å². The maximum Gasteiger partial charge on any atom is 0.284 e. The number of fused-ring (bicyclic) bond motifs is 2. The van der Waals surface area contributed by atoms with Crippen molar-refractivity contribution in [3.05, 3.63) is 69.0 Å². The molecule has 114 valence electrons. The van der Waals surface area contributed by atoms with Crippen molar-refractivity contribution in [2.45, 2.75) is 13.8 Å². The number of hydrogen-bond donors (Lipinski definition) is 0. The summed E-state index contributed by atoms with van der Waals surface area (Å²) in [6, 6.07) is 12.9. The summed E-state index contributed by atoms with van der Waals surface area (Å²) >= 11 is 6.01. The fourth-order valence-electron chi connectivity index (χ4n) is 2.71. The van der Waals surface area contributed by atoms with E-state index in [1.54, 1.807) is 24.3 Å². The second kappa shape index (κ2) is 4.96. The summed E-state index contributed by atoms with van der Waals surface area (Å²) in [5, 5.41) is 5.74. The van der Waals surface area contributed by atoms with Crippen LogP contribution in [0.1, 0.15) is 11.1 Å². The van der Waals surface area contributed by atoms with Gasteiger partial charge >= 0.3 is 0 Å². The van der Waals surface area contributed by atoms with E-state index >= 15 is 0 Å². The van der Waals surface area contributed by atoms with Gasteiger partial charge in [-0.15, -0.1) is 5.10 Å². The molecular formula is C18H13ClN2O2. The molecule has 0 spiro atoms. The smallest absolute Gasteiger partial charge is 0.284 e. The second-order valence-electron chi connectivity index (χ2n) is 5.58. The highest BCUT2D eigenvalue weighted by molar-refractivity contribution is 6.31. The molecule has 2 aromatic carbocycles. The first-order chi connectivity index (χ1) is 11.0. The van der Waals surface area contributed by atoms with Crippen LogP contribution >= 0.6 is 11.6 Å². The van der Waals surface area contributed by atoms with E-state index in [2.05, 4.69) is 5.10 Å². The van der Waals surface area contributed by atoms with Crippen molar-refractivity contribution >= 4 is 22.6 Å². The molecule has 2 aliphatic rings. The topological polar surface area (TPSA) is 48.0 Å². The lowest BCUT2D eigenvalue weighted by atomic mass is 10.1. The number of nitrogens with zero attached hydrogens (tertiary/aromatic N) is 2. The average molecular weight is 325 g/mol. The van der Waals surface area contributed by atoms with Gasteiger partial charge in [0.2, 0.25) is 5.89 Å². The number of aromatic nitrogens is 2. The number of rotatable bonds is 1. The highest BCUT2D eigenvalue weighted by atomic mass is 35.5. The Morgan fingerprint density at radius 3 is 2.78 bits per heavy atom. The Kier molecular flexibility index (Phi) is 3.03. The first-order valence-corrected chi connectivity index (χ1v) is 7.61. The van der Waals surface area contributed by atoms with Crippen molar-refractivity contribution in [1.29, 1.82) is 0 Å². The fraction of sp³-hybridized carbons (Fsp3) is 0.111. The molecule has 0 saturated carbocycles. The van der Waals surface area contributed by atoms with E-state index in [1.807, 2.05) is 32.0 Å². The SMILES string of the molecule is Cc1cccc(-n2nc3oc4ccc(Cl)cc4cc-3c2=O)c1C. The van der Waals surface area contributed by atoms with Crippen molar-refractivity contribution in [2.24, 2.45) is 0 Å². The first kappa shape index (κ1) is 14.0. The van der Waals surface area contributed by atoms with Gasteiger partial charge in [0.05, 0.1) is 5.69 Å². The summed E-state index contributed by atoms with van der Waals surface area (Å²) in [6.45, 7) is 3.98. The van der Waals surface area contributed by atoms with Gasteiger partial charge in [0, 0.05) is 10.4 Å². The average Bonchev–Trinajstić information content (AvgIpc) is 2.84. The van der Waals surface area contributed by atoms with Gasteiger partial charge in [-0.3, -0.25) is 4.79 Å². The lowest BCUT2D eigenvalue weighted by Crippen LogP contribution is -2.15. The van der Waals surface area contributed by atoms with Crippen molar-refractivity contribution in [2.75, 3.05) is 0 Å². The van der Waals surface area contributed by atoms with Gasteiger partial charge in [0.25, 0.3) is 5.56 Å². The highest BCUT2D eigenvalue weighted by Crippen LogP contribution is 2.27. The zero-order valence-electron chi connectivity index (χ0n) is 12.6. The summed E-state index contributed by atoms with van der Waals surface area (Å²) in [5.74, 6) is 0.325. The molecular weight excluding hydrogens is 312 g/mol. The zero-order chi connectivity index (χ0) is 16.1. The Morgan fingerprint density at radius 1 is 1.13 bits per heavy atom. The molecule has 2 aromatic rings. The van der Waals surface area contributed by atoms with Crippen LogP contribution in [0, 0.1) is 13.8 Å². The molecule has 0 fully saturated rings. The van der Waals surface area contributed by atoms with Crippen molar-refractivity contribution in [1.82, 2.24) is 9.78 Å². The number of halogens is 1. The Labute approximate surface area is 137 Å². The van der Waals surface area contributed by atoms with Gasteiger partial charge in [-0.05, 0) is 55.3 Å². The van der Waals surface area contributed by atoms with Crippen LogP contribution in [-0.4, -0.2) is 9.78 Å². The number of aryl methyl sites for hydroxylation is 1. The van der Waals surface area contributed by atoms with E-state index < -0.39 is 0 Å². The minimum Gasteiger partial charge on any atom is -0.436 e. The number of benzene rings is 2. The summed E-state index contributed by atoms with van der Waals surface area (Å²) in [7, 11) is 0. The summed E-state index contributed by atoms with van der Waals surface area (Å²) in [4.78, 5) is 12.7. The summed E-state index contributed by atoms with van der Waals surface area (Å²) in [6.07, 6.45) is 0. The molecule has 4 rings (SSSR count). The molecule has 0 bridgehead atoms. The van der Waals surface area contributed by atoms with Gasteiger partial charge in [-0.25, -0.2) is 0 Å². The lowest BCUT2D eigenvalue weighted by molar-refractivity contribution is 0.591. The minimum absolute atomic E-state index is 0.195. The van der Waals surface area contributed by atoms with Crippen LogP contribution < -0.4 is 5.56 Å². The van der Waals surface area contributed by atoms with Crippen molar-refractivity contribution in [3.63, 3.8) is 0 Å². The predicted octanol–water partition coefficient (Wildman–Crippen LogP) is 4.35. The molecule has 2 aliphatic heterocycles. The van der Waals surface area contributed by atoms with Crippen molar-refractivity contribution < 1.29 is 4.42 Å². The normalized spacial score (nSPS) is 11.4. The fourth-order valence-corrected chi connectivity index (χ4v) is 2.89. The van der Waals surface area contributed by atoms with Crippen LogP contribution in [0.25, 0.3) is 28.1 Å². The molecule has 4 nitrogen and oxygen atoms in total. The van der Waals surface area contributed by atoms with Crippen LogP contribution in [0.5, 0.6) is 0 Å².